The standard InChI is InChI=1S/C17H17BrFN3O2/c1-24-16-7-6-12(8-13(16)19)20-17(23)15-9-14(21-22-15)10-2-4-11(18)5-3-10/h2-8,14-15,21-22H,9H2,1H3,(H,20,23). The summed E-state index contributed by atoms with van der Waals surface area (Å²) in [6, 6.07) is 11.9. The second-order valence-electron chi connectivity index (χ2n) is 5.52. The molecule has 7 heteroatoms. The van der Waals surface area contributed by atoms with E-state index in [0.717, 1.165) is 10.0 Å². The molecule has 2 atom stereocenters. The summed E-state index contributed by atoms with van der Waals surface area (Å²) in [5, 5.41) is 2.71. The number of carbonyl (C=O) groups is 1. The van der Waals surface area contributed by atoms with Crippen molar-refractivity contribution in [2.45, 2.75) is 18.5 Å². The summed E-state index contributed by atoms with van der Waals surface area (Å²) in [6.45, 7) is 0. The highest BCUT2D eigenvalue weighted by Crippen LogP contribution is 2.25. The van der Waals surface area contributed by atoms with Gasteiger partial charge in [-0.2, -0.15) is 0 Å². The molecule has 0 bridgehead atoms. The third-order valence-corrected chi connectivity index (χ3v) is 4.44. The van der Waals surface area contributed by atoms with E-state index < -0.39 is 11.9 Å². The van der Waals surface area contributed by atoms with Crippen molar-refractivity contribution in [3.05, 3.63) is 58.3 Å². The van der Waals surface area contributed by atoms with Crippen LogP contribution in [0.1, 0.15) is 18.0 Å². The van der Waals surface area contributed by atoms with E-state index in [4.69, 9.17) is 4.74 Å². The zero-order valence-electron chi connectivity index (χ0n) is 13.0. The lowest BCUT2D eigenvalue weighted by Crippen LogP contribution is -2.39. The van der Waals surface area contributed by atoms with Gasteiger partial charge in [0.15, 0.2) is 11.6 Å². The van der Waals surface area contributed by atoms with E-state index in [1.807, 2.05) is 24.3 Å². The molecule has 3 rings (SSSR count). The first-order chi connectivity index (χ1) is 11.6. The first-order valence-corrected chi connectivity index (χ1v) is 8.27. The average molecular weight is 394 g/mol. The van der Waals surface area contributed by atoms with Crippen LogP contribution in [0.15, 0.2) is 46.9 Å². The normalized spacial score (nSPS) is 20.0. The zero-order chi connectivity index (χ0) is 17.1. The molecule has 126 valence electrons. The molecule has 0 saturated carbocycles. The first-order valence-electron chi connectivity index (χ1n) is 7.48. The largest absolute Gasteiger partial charge is 0.494 e. The van der Waals surface area contributed by atoms with Gasteiger partial charge < -0.3 is 10.1 Å². The molecule has 24 heavy (non-hydrogen) atoms. The first kappa shape index (κ1) is 16.9. The quantitative estimate of drug-likeness (QED) is 0.746. The Hall–Kier alpha value is -1.96. The minimum Gasteiger partial charge on any atom is -0.494 e. The van der Waals surface area contributed by atoms with Crippen LogP contribution in [0.5, 0.6) is 5.75 Å². The number of anilines is 1. The monoisotopic (exact) mass is 393 g/mol. The van der Waals surface area contributed by atoms with Gasteiger partial charge in [-0.3, -0.25) is 4.79 Å². The van der Waals surface area contributed by atoms with E-state index in [1.54, 1.807) is 6.07 Å². The number of benzene rings is 2. The molecule has 0 radical (unpaired) electrons. The highest BCUT2D eigenvalue weighted by atomic mass is 79.9. The van der Waals surface area contributed by atoms with Gasteiger partial charge in [-0.25, -0.2) is 15.2 Å². The van der Waals surface area contributed by atoms with Crippen LogP contribution in [-0.2, 0) is 4.79 Å². The van der Waals surface area contributed by atoms with Crippen LogP contribution in [0.4, 0.5) is 10.1 Å². The van der Waals surface area contributed by atoms with Gasteiger partial charge in [0.25, 0.3) is 0 Å². The summed E-state index contributed by atoms with van der Waals surface area (Å²) in [4.78, 5) is 12.3. The molecule has 2 aromatic carbocycles. The van der Waals surface area contributed by atoms with Crippen LogP contribution in [0, 0.1) is 5.82 Å². The molecular weight excluding hydrogens is 377 g/mol. The minimum atomic E-state index is -0.513. The Balaban J connectivity index is 1.62. The molecule has 2 unspecified atom stereocenters. The highest BCUT2D eigenvalue weighted by molar-refractivity contribution is 9.10. The fourth-order valence-electron chi connectivity index (χ4n) is 2.62. The summed E-state index contributed by atoms with van der Waals surface area (Å²) in [5.74, 6) is -0.587. The van der Waals surface area contributed by atoms with Gasteiger partial charge in [0.1, 0.15) is 6.04 Å². The SMILES string of the molecule is COc1ccc(NC(=O)C2CC(c3ccc(Br)cc3)NN2)cc1F. The number of methoxy groups -OCH3 is 1. The third-order valence-electron chi connectivity index (χ3n) is 3.91. The predicted octanol–water partition coefficient (Wildman–Crippen LogP) is 3.14. The van der Waals surface area contributed by atoms with Gasteiger partial charge in [-0.15, -0.1) is 0 Å². The zero-order valence-corrected chi connectivity index (χ0v) is 14.6. The van der Waals surface area contributed by atoms with Gasteiger partial charge in [0.2, 0.25) is 5.91 Å². The van der Waals surface area contributed by atoms with Crippen molar-refractivity contribution in [1.29, 1.82) is 0 Å². The summed E-state index contributed by atoms with van der Waals surface area (Å²) in [7, 11) is 1.40. The topological polar surface area (TPSA) is 62.4 Å². The van der Waals surface area contributed by atoms with E-state index in [9.17, 15) is 9.18 Å². The van der Waals surface area contributed by atoms with Crippen molar-refractivity contribution in [1.82, 2.24) is 10.9 Å². The minimum absolute atomic E-state index is 0.0430. The van der Waals surface area contributed by atoms with Crippen molar-refractivity contribution in [3.8, 4) is 5.75 Å². The number of ether oxygens (including phenoxy) is 1. The molecule has 3 N–H and O–H groups in total. The van der Waals surface area contributed by atoms with Gasteiger partial charge in [0, 0.05) is 22.3 Å². The molecule has 1 aliphatic heterocycles. The highest BCUT2D eigenvalue weighted by Gasteiger charge is 2.30. The molecule has 1 aliphatic rings. The summed E-state index contributed by atoms with van der Waals surface area (Å²) in [5.41, 5.74) is 7.59. The van der Waals surface area contributed by atoms with Crippen LogP contribution < -0.4 is 20.9 Å². The molecule has 0 spiro atoms. The maximum atomic E-state index is 13.7. The van der Waals surface area contributed by atoms with Crippen molar-refractivity contribution in [2.24, 2.45) is 0 Å². The number of amides is 1. The number of carbonyl (C=O) groups excluding carboxylic acids is 1. The van der Waals surface area contributed by atoms with Gasteiger partial charge in [-0.05, 0) is 36.2 Å². The molecule has 1 amide bonds. The Morgan fingerprint density at radius 1 is 1.25 bits per heavy atom. The van der Waals surface area contributed by atoms with E-state index >= 15 is 0 Å². The lowest BCUT2D eigenvalue weighted by Gasteiger charge is -2.11. The Morgan fingerprint density at radius 2 is 2.00 bits per heavy atom. The number of rotatable bonds is 4. The number of hydrogen-bond acceptors (Lipinski definition) is 4. The number of hydrogen-bond donors (Lipinski definition) is 3. The molecule has 5 nitrogen and oxygen atoms in total. The van der Waals surface area contributed by atoms with Crippen molar-refractivity contribution < 1.29 is 13.9 Å². The number of nitrogens with one attached hydrogen (secondary N) is 3. The predicted molar refractivity (Wildman–Crippen MR) is 93.1 cm³/mol. The second-order valence-corrected chi connectivity index (χ2v) is 6.44. The fraction of sp³-hybridized carbons (Fsp3) is 0.235. The smallest absolute Gasteiger partial charge is 0.242 e. The molecule has 0 aliphatic carbocycles. The van der Waals surface area contributed by atoms with Crippen molar-refractivity contribution >= 4 is 27.5 Å². The number of hydrazine groups is 1. The van der Waals surface area contributed by atoms with Crippen molar-refractivity contribution in [3.63, 3.8) is 0 Å². The Kier molecular flexibility index (Phi) is 5.13. The van der Waals surface area contributed by atoms with Crippen LogP contribution in [0.25, 0.3) is 0 Å². The fourth-order valence-corrected chi connectivity index (χ4v) is 2.88. The lowest BCUT2D eigenvalue weighted by atomic mass is 10.0. The third kappa shape index (κ3) is 3.75. The van der Waals surface area contributed by atoms with Gasteiger partial charge in [0.05, 0.1) is 7.11 Å². The summed E-state index contributed by atoms with van der Waals surface area (Å²) >= 11 is 3.40. The second kappa shape index (κ2) is 7.29. The van der Waals surface area contributed by atoms with Crippen LogP contribution in [0.3, 0.4) is 0 Å². The van der Waals surface area contributed by atoms with Gasteiger partial charge >= 0.3 is 0 Å². The van der Waals surface area contributed by atoms with Crippen molar-refractivity contribution in [2.75, 3.05) is 12.4 Å². The molecule has 1 saturated heterocycles. The summed E-state index contributed by atoms with van der Waals surface area (Å²) in [6.07, 6.45) is 0.603. The van der Waals surface area contributed by atoms with E-state index in [-0.39, 0.29) is 17.7 Å². The molecule has 1 heterocycles. The van der Waals surface area contributed by atoms with E-state index in [1.165, 1.54) is 19.2 Å². The van der Waals surface area contributed by atoms with E-state index in [0.29, 0.717) is 12.1 Å². The molecule has 1 fully saturated rings. The lowest BCUT2D eigenvalue weighted by molar-refractivity contribution is -0.117. The number of halogens is 2. The van der Waals surface area contributed by atoms with Crippen LogP contribution >= 0.6 is 15.9 Å². The maximum absolute atomic E-state index is 13.7. The Bertz CT molecular complexity index is 739. The van der Waals surface area contributed by atoms with Gasteiger partial charge in [-0.1, -0.05) is 28.1 Å². The maximum Gasteiger partial charge on any atom is 0.242 e. The Morgan fingerprint density at radius 3 is 2.67 bits per heavy atom. The molecule has 0 aromatic heterocycles. The summed E-state index contributed by atoms with van der Waals surface area (Å²) < 4.78 is 19.6. The molecular formula is C17H17BrFN3O2. The van der Waals surface area contributed by atoms with E-state index in [2.05, 4.69) is 32.1 Å². The Labute approximate surface area is 147 Å². The average Bonchev–Trinajstić information content (AvgIpc) is 3.06. The van der Waals surface area contributed by atoms with Crippen LogP contribution in [-0.4, -0.2) is 19.1 Å². The van der Waals surface area contributed by atoms with Crippen LogP contribution in [0.2, 0.25) is 0 Å². The molecule has 2 aromatic rings.